The third-order valence-electron chi connectivity index (χ3n) is 6.07. The Kier molecular flexibility index (Phi) is 23.1. The smallest absolute Gasteiger partial charge is 0.157 e. The van der Waals surface area contributed by atoms with Crippen LogP contribution >= 0.6 is 0 Å². The second-order valence-corrected chi connectivity index (χ2v) is 8.90. The quantitative estimate of drug-likeness (QED) is 0.134. The van der Waals surface area contributed by atoms with Crippen molar-refractivity contribution in [3.63, 3.8) is 0 Å². The lowest BCUT2D eigenvalue weighted by Crippen LogP contribution is -2.17. The lowest BCUT2D eigenvalue weighted by molar-refractivity contribution is -0.0333. The van der Waals surface area contributed by atoms with Crippen molar-refractivity contribution in [2.45, 2.75) is 161 Å². The fourth-order valence-corrected chi connectivity index (χ4v) is 4.06. The predicted molar refractivity (Wildman–Crippen MR) is 124 cm³/mol. The van der Waals surface area contributed by atoms with E-state index in [1.807, 2.05) is 0 Å². The molecule has 0 aliphatic carbocycles. The molecule has 0 heterocycles. The monoisotopic (exact) mass is 397 g/mol. The summed E-state index contributed by atoms with van der Waals surface area (Å²) in [7, 11) is 0. The van der Waals surface area contributed by atoms with E-state index in [2.05, 4.69) is 13.8 Å². The lowest BCUT2D eigenvalue weighted by Gasteiger charge is -2.18. The van der Waals surface area contributed by atoms with Crippen molar-refractivity contribution in [1.82, 2.24) is 0 Å². The summed E-state index contributed by atoms with van der Waals surface area (Å²) in [6.45, 7) is 4.54. The van der Waals surface area contributed by atoms with Crippen molar-refractivity contribution in [3.05, 3.63) is 5.92 Å². The maximum atomic E-state index is 9.62. The van der Waals surface area contributed by atoms with E-state index in [1.54, 1.807) is 0 Å². The summed E-state index contributed by atoms with van der Waals surface area (Å²) < 4.78 is 0. The first kappa shape index (κ1) is 27.9. The molecule has 0 spiro atoms. The fraction of sp³-hybridized carbons (Fsp3) is 0.962. The van der Waals surface area contributed by atoms with Crippen LogP contribution in [-0.2, 0) is 0 Å². The summed E-state index contributed by atoms with van der Waals surface area (Å²) in [5, 5.41) is 19.2. The minimum absolute atomic E-state index is 0.908. The number of unbranched alkanes of at least 4 members (excludes halogenated alkanes) is 18. The molecule has 0 amide bonds. The van der Waals surface area contributed by atoms with Gasteiger partial charge in [-0.05, 0) is 12.8 Å². The van der Waals surface area contributed by atoms with E-state index in [0.29, 0.717) is 0 Å². The Hall–Kier alpha value is -0.0800. The Morgan fingerprint density at radius 3 is 0.929 bits per heavy atom. The molecule has 28 heavy (non-hydrogen) atoms. The van der Waals surface area contributed by atoms with E-state index in [4.69, 9.17) is 0 Å². The molecule has 0 bridgehead atoms. The summed E-state index contributed by atoms with van der Waals surface area (Å²) in [6.07, 6.45) is 27.3. The normalized spacial score (nSPS) is 11.8. The maximum Gasteiger partial charge on any atom is 0.157 e. The van der Waals surface area contributed by atoms with Crippen LogP contribution in [0.15, 0.2) is 0 Å². The summed E-state index contributed by atoms with van der Waals surface area (Å²) >= 11 is 0. The van der Waals surface area contributed by atoms with Gasteiger partial charge >= 0.3 is 0 Å². The summed E-state index contributed by atoms with van der Waals surface area (Å²) in [5.74, 6) is 0.971. The predicted octanol–water partition coefficient (Wildman–Crippen LogP) is 8.49. The van der Waals surface area contributed by atoms with Crippen molar-refractivity contribution in [1.29, 1.82) is 0 Å². The topological polar surface area (TPSA) is 40.5 Å². The molecule has 169 valence electrons. The average molecular weight is 398 g/mol. The standard InChI is InChI=1S/C26H53O2/c1-3-5-7-9-11-13-15-17-19-21-23-25(26(27)28)24-22-20-18-16-14-12-10-8-6-4-2/h26-28H,3-24H2,1-2H3. The van der Waals surface area contributed by atoms with E-state index in [0.717, 1.165) is 31.6 Å². The van der Waals surface area contributed by atoms with Gasteiger partial charge in [-0.25, -0.2) is 0 Å². The number of hydrogen-bond acceptors (Lipinski definition) is 2. The van der Waals surface area contributed by atoms with Gasteiger partial charge in [-0.15, -0.1) is 0 Å². The molecule has 0 aliphatic heterocycles. The van der Waals surface area contributed by atoms with Crippen LogP contribution in [0, 0.1) is 5.92 Å². The lowest BCUT2D eigenvalue weighted by atomic mass is 9.93. The highest BCUT2D eigenvalue weighted by Crippen LogP contribution is 2.23. The average Bonchev–Trinajstić information content (AvgIpc) is 2.68. The second-order valence-electron chi connectivity index (χ2n) is 8.90. The SMILES string of the molecule is CCCCCCCCCCCC[C](CCCCCCCCCCCC)C(O)O. The summed E-state index contributed by atoms with van der Waals surface area (Å²) in [6, 6.07) is 0. The Balaban J connectivity index is 3.44. The van der Waals surface area contributed by atoms with Gasteiger partial charge in [-0.1, -0.05) is 142 Å². The van der Waals surface area contributed by atoms with Crippen LogP contribution in [0.25, 0.3) is 0 Å². The van der Waals surface area contributed by atoms with Crippen LogP contribution in [0.3, 0.4) is 0 Å². The molecule has 2 nitrogen and oxygen atoms in total. The van der Waals surface area contributed by atoms with E-state index in [-0.39, 0.29) is 0 Å². The minimum Gasteiger partial charge on any atom is -0.368 e. The zero-order valence-corrected chi connectivity index (χ0v) is 19.5. The molecule has 0 saturated heterocycles. The zero-order valence-electron chi connectivity index (χ0n) is 19.5. The van der Waals surface area contributed by atoms with Gasteiger partial charge < -0.3 is 10.2 Å². The molecular weight excluding hydrogens is 344 g/mol. The van der Waals surface area contributed by atoms with Crippen LogP contribution in [0.4, 0.5) is 0 Å². The van der Waals surface area contributed by atoms with Crippen molar-refractivity contribution in [2.75, 3.05) is 0 Å². The Bertz CT molecular complexity index is 254. The van der Waals surface area contributed by atoms with E-state index in [9.17, 15) is 10.2 Å². The van der Waals surface area contributed by atoms with Gasteiger partial charge in [0.1, 0.15) is 0 Å². The van der Waals surface area contributed by atoms with Crippen LogP contribution in [0.2, 0.25) is 0 Å². The zero-order chi connectivity index (χ0) is 20.7. The van der Waals surface area contributed by atoms with E-state index >= 15 is 0 Å². The Labute approximate surface area is 177 Å². The van der Waals surface area contributed by atoms with Gasteiger partial charge in [-0.3, -0.25) is 0 Å². The van der Waals surface area contributed by atoms with Crippen LogP contribution < -0.4 is 0 Å². The Morgan fingerprint density at radius 2 is 0.679 bits per heavy atom. The highest BCUT2D eigenvalue weighted by molar-refractivity contribution is 4.91. The molecular formula is C26H53O2. The number of rotatable bonds is 23. The van der Waals surface area contributed by atoms with Gasteiger partial charge in [0, 0.05) is 5.92 Å². The van der Waals surface area contributed by atoms with Gasteiger partial charge in [-0.2, -0.15) is 0 Å². The molecule has 1 radical (unpaired) electrons. The van der Waals surface area contributed by atoms with E-state index in [1.165, 1.54) is 116 Å². The molecule has 0 aromatic carbocycles. The molecule has 2 N–H and O–H groups in total. The molecule has 0 rings (SSSR count). The van der Waals surface area contributed by atoms with Gasteiger partial charge in [0.2, 0.25) is 0 Å². The third kappa shape index (κ3) is 20.6. The van der Waals surface area contributed by atoms with Crippen LogP contribution in [0.1, 0.15) is 155 Å². The number of aliphatic hydroxyl groups is 2. The molecule has 0 unspecified atom stereocenters. The molecule has 0 saturated carbocycles. The number of aliphatic hydroxyl groups excluding tert-OH is 1. The third-order valence-corrected chi connectivity index (χ3v) is 6.07. The summed E-state index contributed by atoms with van der Waals surface area (Å²) in [4.78, 5) is 0. The first-order valence-electron chi connectivity index (χ1n) is 12.9. The van der Waals surface area contributed by atoms with Crippen LogP contribution in [0.5, 0.6) is 0 Å². The molecule has 0 aromatic rings. The maximum absolute atomic E-state index is 9.62. The fourth-order valence-electron chi connectivity index (χ4n) is 4.06. The summed E-state index contributed by atoms with van der Waals surface area (Å²) in [5.41, 5.74) is 0. The first-order chi connectivity index (χ1) is 13.7. The second kappa shape index (κ2) is 23.2. The largest absolute Gasteiger partial charge is 0.368 e. The van der Waals surface area contributed by atoms with E-state index < -0.39 is 6.29 Å². The van der Waals surface area contributed by atoms with Gasteiger partial charge in [0.15, 0.2) is 6.29 Å². The van der Waals surface area contributed by atoms with Gasteiger partial charge in [0.25, 0.3) is 0 Å². The van der Waals surface area contributed by atoms with Crippen molar-refractivity contribution in [3.8, 4) is 0 Å². The number of hydrogen-bond donors (Lipinski definition) is 2. The molecule has 0 atom stereocenters. The highest BCUT2D eigenvalue weighted by atomic mass is 16.5. The van der Waals surface area contributed by atoms with Crippen molar-refractivity contribution < 1.29 is 10.2 Å². The Morgan fingerprint density at radius 1 is 0.429 bits per heavy atom. The molecule has 0 aromatic heterocycles. The van der Waals surface area contributed by atoms with Crippen molar-refractivity contribution in [2.24, 2.45) is 0 Å². The molecule has 0 aliphatic rings. The van der Waals surface area contributed by atoms with Crippen LogP contribution in [-0.4, -0.2) is 16.5 Å². The first-order valence-corrected chi connectivity index (χ1v) is 12.9. The van der Waals surface area contributed by atoms with Gasteiger partial charge in [0.05, 0.1) is 0 Å². The highest BCUT2D eigenvalue weighted by Gasteiger charge is 2.16. The molecule has 0 fully saturated rings. The molecule has 2 heteroatoms. The minimum atomic E-state index is -1.20. The van der Waals surface area contributed by atoms with Crippen molar-refractivity contribution >= 4 is 0 Å².